The lowest BCUT2D eigenvalue weighted by molar-refractivity contribution is -0.113. The molecule has 0 amide bonds. The summed E-state index contributed by atoms with van der Waals surface area (Å²) < 4.78 is 1.03. The lowest BCUT2D eigenvalue weighted by atomic mass is 9.74. The van der Waals surface area contributed by atoms with Crippen LogP contribution in [0.4, 0.5) is 5.69 Å². The highest BCUT2D eigenvalue weighted by Crippen LogP contribution is 2.50. The number of fused-ring (bicyclic) bond motifs is 1. The van der Waals surface area contributed by atoms with Crippen molar-refractivity contribution in [1.82, 2.24) is 0 Å². The van der Waals surface area contributed by atoms with Gasteiger partial charge in [0.05, 0.1) is 11.1 Å². The van der Waals surface area contributed by atoms with Crippen LogP contribution in [0.25, 0.3) is 0 Å². The lowest BCUT2D eigenvalue weighted by Crippen LogP contribution is -2.30. The quantitative estimate of drug-likeness (QED) is 0.355. The molecule has 1 aliphatic carbocycles. The summed E-state index contributed by atoms with van der Waals surface area (Å²) in [6.07, 6.45) is 5.77. The smallest absolute Gasteiger partial charge is 0.200 e. The standard InChI is InChI=1S/C32H36BrNO2/c1-8-9-16-34-27-15-14-22(33)18-26(27)32(6,7)28(34)19-24-29(35)23(30(24)36)17-21(3)31(4,5)25-13-11-10-12-20(25)2/h10-15,17-19,35H,3,8-9,16H2,1-2,4-7H3/b23-17+,28-19-. The Morgan fingerprint density at radius 1 is 1.19 bits per heavy atom. The molecule has 0 unspecified atom stereocenters. The molecule has 0 atom stereocenters. The van der Waals surface area contributed by atoms with Gasteiger partial charge in [0.2, 0.25) is 5.78 Å². The molecule has 0 bridgehead atoms. The number of ketones is 1. The minimum Gasteiger partial charge on any atom is -0.506 e. The van der Waals surface area contributed by atoms with Gasteiger partial charge in [-0.05, 0) is 66.0 Å². The number of anilines is 1. The van der Waals surface area contributed by atoms with Gasteiger partial charge in [-0.2, -0.15) is 0 Å². The maximum Gasteiger partial charge on any atom is 0.200 e. The molecular weight excluding hydrogens is 510 g/mol. The molecule has 3 nitrogen and oxygen atoms in total. The first-order chi connectivity index (χ1) is 16.9. The Balaban J connectivity index is 1.71. The van der Waals surface area contributed by atoms with E-state index in [2.05, 4.69) is 99.3 Å². The molecule has 0 aromatic heterocycles. The first kappa shape index (κ1) is 26.2. The van der Waals surface area contributed by atoms with Gasteiger partial charge < -0.3 is 10.0 Å². The normalized spacial score (nSPS) is 19.2. The van der Waals surface area contributed by atoms with Gasteiger partial charge >= 0.3 is 0 Å². The number of carbonyl (C=O) groups excluding carboxylic acids is 1. The minimum absolute atomic E-state index is 0.0533. The second-order valence-electron chi connectivity index (χ2n) is 10.9. The third-order valence-electron chi connectivity index (χ3n) is 7.81. The molecule has 2 aromatic carbocycles. The summed E-state index contributed by atoms with van der Waals surface area (Å²) in [5.41, 5.74) is 6.60. The molecule has 4 heteroatoms. The molecule has 188 valence electrons. The monoisotopic (exact) mass is 545 g/mol. The molecule has 2 aliphatic rings. The molecule has 2 aromatic rings. The molecule has 0 saturated carbocycles. The van der Waals surface area contributed by atoms with Gasteiger partial charge in [-0.25, -0.2) is 0 Å². The zero-order valence-corrected chi connectivity index (χ0v) is 23.8. The van der Waals surface area contributed by atoms with E-state index in [1.165, 1.54) is 16.8 Å². The van der Waals surface area contributed by atoms with Gasteiger partial charge in [-0.3, -0.25) is 4.79 Å². The zero-order valence-electron chi connectivity index (χ0n) is 22.2. The molecule has 0 fully saturated rings. The number of nitrogens with zero attached hydrogens (tertiary/aromatic N) is 1. The molecule has 1 aliphatic heterocycles. The molecular formula is C32H36BrNO2. The van der Waals surface area contributed by atoms with Crippen LogP contribution >= 0.6 is 15.9 Å². The number of aliphatic hydroxyl groups is 1. The fourth-order valence-corrected chi connectivity index (χ4v) is 5.67. The maximum absolute atomic E-state index is 13.3. The summed E-state index contributed by atoms with van der Waals surface area (Å²) >= 11 is 3.61. The number of allylic oxidation sites excluding steroid dienone is 6. The number of benzene rings is 2. The Morgan fingerprint density at radius 3 is 2.53 bits per heavy atom. The Labute approximate surface area is 224 Å². The number of carbonyl (C=O) groups is 1. The van der Waals surface area contributed by atoms with Crippen LogP contribution in [0.2, 0.25) is 0 Å². The lowest BCUT2D eigenvalue weighted by Gasteiger charge is -2.31. The fourth-order valence-electron chi connectivity index (χ4n) is 5.31. The average molecular weight is 547 g/mol. The molecule has 1 N–H and O–H groups in total. The maximum atomic E-state index is 13.3. The van der Waals surface area contributed by atoms with E-state index >= 15 is 0 Å². The van der Waals surface area contributed by atoms with E-state index in [1.54, 1.807) is 6.08 Å². The summed E-state index contributed by atoms with van der Waals surface area (Å²) in [4.78, 5) is 15.6. The van der Waals surface area contributed by atoms with Crippen LogP contribution in [-0.2, 0) is 15.6 Å². The van der Waals surface area contributed by atoms with Crippen molar-refractivity contribution in [3.63, 3.8) is 0 Å². The van der Waals surface area contributed by atoms with E-state index in [4.69, 9.17) is 0 Å². The van der Waals surface area contributed by atoms with Gasteiger partial charge in [0.1, 0.15) is 5.76 Å². The summed E-state index contributed by atoms with van der Waals surface area (Å²) in [5, 5.41) is 11.0. The van der Waals surface area contributed by atoms with Crippen LogP contribution in [0.1, 0.15) is 64.2 Å². The van der Waals surface area contributed by atoms with E-state index in [0.717, 1.165) is 40.7 Å². The minimum atomic E-state index is -0.369. The van der Waals surface area contributed by atoms with Gasteiger partial charge in [-0.15, -0.1) is 0 Å². The van der Waals surface area contributed by atoms with Crippen molar-refractivity contribution in [3.8, 4) is 0 Å². The highest BCUT2D eigenvalue weighted by molar-refractivity contribution is 9.10. The summed E-state index contributed by atoms with van der Waals surface area (Å²) in [7, 11) is 0. The zero-order chi connectivity index (χ0) is 26.4. The van der Waals surface area contributed by atoms with E-state index in [1.807, 2.05) is 18.2 Å². The molecule has 0 spiro atoms. The number of rotatable bonds is 7. The SMILES string of the molecule is C=C(/C=C1/C(=O)C(/C=C2\N(CCCC)c3ccc(Br)cc3C2(C)C)=C1O)C(C)(C)c1ccccc1C. The Kier molecular flexibility index (Phi) is 6.96. The Morgan fingerprint density at radius 2 is 1.89 bits per heavy atom. The number of hydrogen-bond acceptors (Lipinski definition) is 3. The summed E-state index contributed by atoms with van der Waals surface area (Å²) in [6, 6.07) is 14.6. The Hall–Kier alpha value is -2.85. The van der Waals surface area contributed by atoms with Crippen molar-refractivity contribution in [1.29, 1.82) is 0 Å². The van der Waals surface area contributed by atoms with E-state index in [0.29, 0.717) is 11.1 Å². The number of hydrogen-bond donors (Lipinski definition) is 1. The van der Waals surface area contributed by atoms with Crippen molar-refractivity contribution >= 4 is 27.4 Å². The third kappa shape index (κ3) is 4.30. The van der Waals surface area contributed by atoms with Crippen molar-refractivity contribution in [3.05, 3.63) is 111 Å². The van der Waals surface area contributed by atoms with Crippen LogP contribution in [0.5, 0.6) is 0 Å². The van der Waals surface area contributed by atoms with Crippen molar-refractivity contribution < 1.29 is 9.90 Å². The Bertz CT molecular complexity index is 1340. The predicted octanol–water partition coefficient (Wildman–Crippen LogP) is 8.39. The summed E-state index contributed by atoms with van der Waals surface area (Å²) in [6.45, 7) is 18.0. The van der Waals surface area contributed by atoms with Gasteiger partial charge in [-0.1, -0.05) is 87.8 Å². The predicted molar refractivity (Wildman–Crippen MR) is 154 cm³/mol. The van der Waals surface area contributed by atoms with E-state index in [9.17, 15) is 9.90 Å². The molecule has 0 radical (unpaired) electrons. The second-order valence-corrected chi connectivity index (χ2v) is 11.9. The van der Waals surface area contributed by atoms with E-state index < -0.39 is 0 Å². The number of halogens is 1. The number of Topliss-reactive ketones (excluding diaryl/α,β-unsaturated/α-hetero) is 1. The van der Waals surface area contributed by atoms with E-state index in [-0.39, 0.29) is 22.4 Å². The van der Waals surface area contributed by atoms with Crippen LogP contribution in [0.3, 0.4) is 0 Å². The van der Waals surface area contributed by atoms with Crippen LogP contribution in [0.15, 0.2) is 93.8 Å². The fraction of sp³-hybridized carbons (Fsp3) is 0.344. The first-order valence-electron chi connectivity index (χ1n) is 12.7. The van der Waals surface area contributed by atoms with Gasteiger partial charge in [0, 0.05) is 33.2 Å². The van der Waals surface area contributed by atoms with Crippen LogP contribution < -0.4 is 4.90 Å². The molecule has 36 heavy (non-hydrogen) atoms. The van der Waals surface area contributed by atoms with Crippen LogP contribution in [-0.4, -0.2) is 17.4 Å². The molecule has 4 rings (SSSR count). The second kappa shape index (κ2) is 9.55. The van der Waals surface area contributed by atoms with Gasteiger partial charge in [0.15, 0.2) is 0 Å². The topological polar surface area (TPSA) is 40.5 Å². The van der Waals surface area contributed by atoms with Crippen molar-refractivity contribution in [2.45, 2.75) is 65.2 Å². The van der Waals surface area contributed by atoms with Gasteiger partial charge in [0.25, 0.3) is 0 Å². The summed E-state index contributed by atoms with van der Waals surface area (Å²) in [5.74, 6) is -0.0808. The third-order valence-corrected chi connectivity index (χ3v) is 8.30. The number of aliphatic hydroxyl groups excluding tert-OH is 1. The van der Waals surface area contributed by atoms with Crippen molar-refractivity contribution in [2.24, 2.45) is 0 Å². The largest absolute Gasteiger partial charge is 0.506 e. The average Bonchev–Trinajstić information content (AvgIpc) is 3.04. The first-order valence-corrected chi connectivity index (χ1v) is 13.5. The highest BCUT2D eigenvalue weighted by Gasteiger charge is 2.42. The van der Waals surface area contributed by atoms with Crippen LogP contribution in [0, 0.1) is 6.92 Å². The van der Waals surface area contributed by atoms with Crippen molar-refractivity contribution in [2.75, 3.05) is 11.4 Å². The molecule has 0 saturated heterocycles. The number of unbranched alkanes of at least 4 members (excludes halogenated alkanes) is 1. The molecule has 1 heterocycles. The number of aryl methyl sites for hydroxylation is 1. The highest BCUT2D eigenvalue weighted by atomic mass is 79.9.